The number of rotatable bonds is 6. The molecule has 2 heterocycles. The van der Waals surface area contributed by atoms with Crippen molar-refractivity contribution in [3.8, 4) is 0 Å². The predicted molar refractivity (Wildman–Crippen MR) is 108 cm³/mol. The minimum absolute atomic E-state index is 0.0887. The maximum absolute atomic E-state index is 6.38. The van der Waals surface area contributed by atoms with Crippen LogP contribution in [-0.2, 0) is 0 Å². The Hall–Kier alpha value is -1.65. The van der Waals surface area contributed by atoms with Crippen molar-refractivity contribution in [2.45, 2.75) is 45.4 Å². The fourth-order valence-corrected chi connectivity index (χ4v) is 3.85. The van der Waals surface area contributed by atoms with Gasteiger partial charge in [-0.2, -0.15) is 0 Å². The number of unbranched alkanes of at least 4 members (excludes halogenated alkanes) is 1. The average molecular weight is 379 g/mol. The number of fused-ring (bicyclic) bond motifs is 1. The lowest BCUT2D eigenvalue weighted by atomic mass is 10.1. The van der Waals surface area contributed by atoms with Gasteiger partial charge in [0, 0.05) is 19.3 Å². The third kappa shape index (κ3) is 3.51. The van der Waals surface area contributed by atoms with Crippen LogP contribution in [-0.4, -0.2) is 24.4 Å². The van der Waals surface area contributed by atoms with E-state index >= 15 is 0 Å². The van der Waals surface area contributed by atoms with Gasteiger partial charge in [-0.05, 0) is 37.6 Å². The van der Waals surface area contributed by atoms with Gasteiger partial charge < -0.3 is 15.1 Å². The van der Waals surface area contributed by atoms with Gasteiger partial charge in [-0.25, -0.2) is 4.98 Å². The van der Waals surface area contributed by atoms with Gasteiger partial charge in [0.15, 0.2) is 12.1 Å². The molecule has 0 saturated carbocycles. The molecule has 6 heteroatoms. The minimum Gasteiger partial charge on any atom is -0.346 e. The summed E-state index contributed by atoms with van der Waals surface area (Å²) in [5.74, 6) is 0.964. The first-order chi connectivity index (χ1) is 12.0. The zero-order chi connectivity index (χ0) is 18.0. The molecule has 1 aliphatic heterocycles. The van der Waals surface area contributed by atoms with Crippen molar-refractivity contribution >= 4 is 40.4 Å². The van der Waals surface area contributed by atoms with E-state index in [-0.39, 0.29) is 6.29 Å². The van der Waals surface area contributed by atoms with Crippen LogP contribution < -0.4 is 15.1 Å². The largest absolute Gasteiger partial charge is 0.346 e. The summed E-state index contributed by atoms with van der Waals surface area (Å²) < 4.78 is 0. The van der Waals surface area contributed by atoms with E-state index in [1.807, 2.05) is 37.5 Å². The molecule has 1 aromatic carbocycles. The lowest BCUT2D eigenvalue weighted by Gasteiger charge is -2.36. The number of hydrogen-bond acceptors (Lipinski definition) is 4. The number of benzene rings is 1. The number of aromatic nitrogens is 1. The minimum atomic E-state index is -0.0887. The molecule has 0 radical (unpaired) electrons. The highest BCUT2D eigenvalue weighted by Crippen LogP contribution is 2.40. The highest BCUT2D eigenvalue weighted by molar-refractivity contribution is 6.39. The van der Waals surface area contributed by atoms with Crippen LogP contribution in [0.15, 0.2) is 36.5 Å². The molecular weight excluding hydrogens is 355 g/mol. The second kappa shape index (κ2) is 7.71. The van der Waals surface area contributed by atoms with E-state index < -0.39 is 0 Å². The molecule has 3 rings (SSSR count). The highest BCUT2D eigenvalue weighted by Gasteiger charge is 2.37. The fraction of sp³-hybridized carbons (Fsp3) is 0.421. The Balaban J connectivity index is 1.96. The van der Waals surface area contributed by atoms with Gasteiger partial charge in [0.25, 0.3) is 0 Å². The second-order valence-corrected chi connectivity index (χ2v) is 7.28. The Labute approximate surface area is 159 Å². The van der Waals surface area contributed by atoms with Gasteiger partial charge in [0.2, 0.25) is 0 Å². The molecule has 0 bridgehead atoms. The molecule has 1 aromatic heterocycles. The predicted octanol–water partition coefficient (Wildman–Crippen LogP) is 5.62. The van der Waals surface area contributed by atoms with E-state index in [2.05, 4.69) is 40.0 Å². The molecule has 0 fully saturated rings. The van der Waals surface area contributed by atoms with Crippen molar-refractivity contribution in [2.75, 3.05) is 22.2 Å². The van der Waals surface area contributed by atoms with E-state index in [1.165, 1.54) is 12.8 Å². The lowest BCUT2D eigenvalue weighted by Crippen LogP contribution is -2.51. The van der Waals surface area contributed by atoms with Crippen molar-refractivity contribution in [1.82, 2.24) is 4.98 Å². The zero-order valence-electron chi connectivity index (χ0n) is 14.8. The normalized spacial score (nSPS) is 17.6. The molecular formula is C19H24Cl2N4. The molecule has 0 saturated heterocycles. The first kappa shape index (κ1) is 18.2. The standard InChI is InChI=1S/C19H24Cl2N4/c1-4-5-8-13(2)25-16-11-7-12-22-18(16)24(3)19(25)23-17-14(20)9-6-10-15(17)21/h6-7,9-13,19,23H,4-5,8H2,1-3H3/t13?,19-/m1/s1. The summed E-state index contributed by atoms with van der Waals surface area (Å²) in [6.07, 6.45) is 5.23. The molecule has 2 atom stereocenters. The van der Waals surface area contributed by atoms with E-state index in [9.17, 15) is 0 Å². The summed E-state index contributed by atoms with van der Waals surface area (Å²) in [4.78, 5) is 9.08. The van der Waals surface area contributed by atoms with Gasteiger partial charge in [0.05, 0.1) is 21.4 Å². The number of nitrogens with one attached hydrogen (secondary N) is 1. The summed E-state index contributed by atoms with van der Waals surface area (Å²) in [5.41, 5.74) is 1.89. The summed E-state index contributed by atoms with van der Waals surface area (Å²) in [6.45, 7) is 4.48. The van der Waals surface area contributed by atoms with Crippen molar-refractivity contribution in [2.24, 2.45) is 0 Å². The van der Waals surface area contributed by atoms with Crippen LogP contribution in [0.4, 0.5) is 17.2 Å². The Morgan fingerprint density at radius 1 is 1.20 bits per heavy atom. The molecule has 0 aliphatic carbocycles. The summed E-state index contributed by atoms with van der Waals surface area (Å²) in [5, 5.41) is 4.76. The van der Waals surface area contributed by atoms with Crippen LogP contribution >= 0.6 is 23.2 Å². The number of halogens is 2. The Morgan fingerprint density at radius 3 is 2.60 bits per heavy atom. The Bertz CT molecular complexity index is 717. The van der Waals surface area contributed by atoms with Crippen LogP contribution in [0.3, 0.4) is 0 Å². The molecule has 4 nitrogen and oxygen atoms in total. The summed E-state index contributed by atoms with van der Waals surface area (Å²) in [7, 11) is 2.04. The smallest absolute Gasteiger partial charge is 0.180 e. The van der Waals surface area contributed by atoms with Crippen LogP contribution in [0.2, 0.25) is 10.0 Å². The monoisotopic (exact) mass is 378 g/mol. The number of anilines is 3. The van der Waals surface area contributed by atoms with Crippen LogP contribution in [0.25, 0.3) is 0 Å². The Kier molecular flexibility index (Phi) is 5.60. The fourth-order valence-electron chi connectivity index (χ4n) is 3.34. The highest BCUT2D eigenvalue weighted by atomic mass is 35.5. The molecule has 1 unspecified atom stereocenters. The van der Waals surface area contributed by atoms with Gasteiger partial charge >= 0.3 is 0 Å². The molecule has 0 spiro atoms. The molecule has 2 aromatic rings. The van der Waals surface area contributed by atoms with Crippen LogP contribution in [0.5, 0.6) is 0 Å². The van der Waals surface area contributed by atoms with E-state index in [4.69, 9.17) is 23.2 Å². The number of para-hydroxylation sites is 1. The van der Waals surface area contributed by atoms with Crippen molar-refractivity contribution < 1.29 is 0 Å². The third-order valence-corrected chi connectivity index (χ3v) is 5.33. The summed E-state index contributed by atoms with van der Waals surface area (Å²) >= 11 is 12.8. The van der Waals surface area contributed by atoms with E-state index in [0.717, 1.165) is 23.6 Å². The molecule has 1 N–H and O–H groups in total. The van der Waals surface area contributed by atoms with E-state index in [1.54, 1.807) is 0 Å². The Morgan fingerprint density at radius 2 is 1.92 bits per heavy atom. The molecule has 25 heavy (non-hydrogen) atoms. The lowest BCUT2D eigenvalue weighted by molar-refractivity contribution is 0.524. The third-order valence-electron chi connectivity index (χ3n) is 4.70. The zero-order valence-corrected chi connectivity index (χ0v) is 16.3. The maximum Gasteiger partial charge on any atom is 0.180 e. The topological polar surface area (TPSA) is 31.4 Å². The maximum atomic E-state index is 6.38. The number of nitrogens with zero attached hydrogens (tertiary/aromatic N) is 3. The molecule has 134 valence electrons. The summed E-state index contributed by atoms with van der Waals surface area (Å²) in [6, 6.07) is 10.0. The first-order valence-corrected chi connectivity index (χ1v) is 9.47. The number of hydrogen-bond donors (Lipinski definition) is 1. The number of pyridine rings is 1. The quantitative estimate of drug-likeness (QED) is 0.706. The molecule has 0 amide bonds. The first-order valence-electron chi connectivity index (χ1n) is 8.71. The van der Waals surface area contributed by atoms with Crippen molar-refractivity contribution in [1.29, 1.82) is 0 Å². The van der Waals surface area contributed by atoms with Crippen LogP contribution in [0.1, 0.15) is 33.1 Å². The van der Waals surface area contributed by atoms with Gasteiger partial charge in [-0.3, -0.25) is 0 Å². The molecule has 1 aliphatic rings. The van der Waals surface area contributed by atoms with Crippen molar-refractivity contribution in [3.63, 3.8) is 0 Å². The van der Waals surface area contributed by atoms with Crippen LogP contribution in [0, 0.1) is 0 Å². The van der Waals surface area contributed by atoms with E-state index in [0.29, 0.717) is 16.1 Å². The SMILES string of the molecule is CCCCC(C)N1c2cccnc2N(C)[C@H]1Nc1c(Cl)cccc1Cl. The van der Waals surface area contributed by atoms with Gasteiger partial charge in [-0.15, -0.1) is 0 Å². The second-order valence-electron chi connectivity index (χ2n) is 6.47. The van der Waals surface area contributed by atoms with Gasteiger partial charge in [0.1, 0.15) is 0 Å². The van der Waals surface area contributed by atoms with Gasteiger partial charge in [-0.1, -0.05) is 49.0 Å². The van der Waals surface area contributed by atoms with Crippen molar-refractivity contribution in [3.05, 3.63) is 46.6 Å². The average Bonchev–Trinajstić information content (AvgIpc) is 2.89.